The van der Waals surface area contributed by atoms with Crippen LogP contribution in [0.3, 0.4) is 0 Å². The van der Waals surface area contributed by atoms with Crippen molar-refractivity contribution in [2.24, 2.45) is 0 Å². The van der Waals surface area contributed by atoms with Gasteiger partial charge in [0.25, 0.3) is 0 Å². The highest BCUT2D eigenvalue weighted by Gasteiger charge is 2.14. The monoisotopic (exact) mass is 257 g/mol. The van der Waals surface area contributed by atoms with Gasteiger partial charge in [0.05, 0.1) is 18.3 Å². The second-order valence-corrected chi connectivity index (χ2v) is 5.88. The van der Waals surface area contributed by atoms with Crippen LogP contribution in [0.5, 0.6) is 0 Å². The molecule has 1 N–H and O–H groups in total. The Balaban J connectivity index is 1.98. The fraction of sp³-hybridized carbons (Fsp3) is 0.929. The van der Waals surface area contributed by atoms with E-state index in [0.29, 0.717) is 19.3 Å². The topological polar surface area (TPSA) is 47.6 Å². The van der Waals surface area contributed by atoms with Gasteiger partial charge in [0.15, 0.2) is 0 Å². The third kappa shape index (κ3) is 7.67. The van der Waals surface area contributed by atoms with Crippen LogP contribution in [0.25, 0.3) is 0 Å². The average molecular weight is 257 g/mol. The van der Waals surface area contributed by atoms with Crippen LogP contribution >= 0.6 is 0 Å². The smallest absolute Gasteiger partial charge is 0.246 e. The van der Waals surface area contributed by atoms with Gasteiger partial charge in [-0.15, -0.1) is 0 Å². The van der Waals surface area contributed by atoms with Gasteiger partial charge in [-0.1, -0.05) is 19.3 Å². The van der Waals surface area contributed by atoms with Gasteiger partial charge in [-0.2, -0.15) is 0 Å². The molecule has 4 heteroatoms. The van der Waals surface area contributed by atoms with Crippen molar-refractivity contribution in [3.8, 4) is 0 Å². The maximum atomic E-state index is 11.4. The molecule has 0 atom stereocenters. The number of hydrogen-bond donors (Lipinski definition) is 1. The van der Waals surface area contributed by atoms with Gasteiger partial charge >= 0.3 is 0 Å². The van der Waals surface area contributed by atoms with Crippen LogP contribution in [-0.4, -0.2) is 37.4 Å². The van der Waals surface area contributed by atoms with Crippen molar-refractivity contribution in [3.63, 3.8) is 0 Å². The normalized spacial score (nSPS) is 17.7. The highest BCUT2D eigenvalue weighted by Crippen LogP contribution is 2.19. The number of carbonyl (C=O) groups excluding carboxylic acids is 1. The molecule has 0 unspecified atom stereocenters. The molecule has 0 aromatic heterocycles. The Bertz CT molecular complexity index is 242. The zero-order valence-electron chi connectivity index (χ0n) is 12.0. The van der Waals surface area contributed by atoms with Crippen molar-refractivity contribution >= 4 is 5.91 Å². The third-order valence-corrected chi connectivity index (χ3v) is 2.97. The van der Waals surface area contributed by atoms with E-state index in [1.165, 1.54) is 32.1 Å². The second-order valence-electron chi connectivity index (χ2n) is 5.88. The lowest BCUT2D eigenvalue weighted by atomic mass is 9.98. The average Bonchev–Trinajstić information content (AvgIpc) is 2.33. The molecule has 1 fully saturated rings. The number of amides is 1. The van der Waals surface area contributed by atoms with Crippen molar-refractivity contribution < 1.29 is 14.3 Å². The minimum atomic E-state index is -0.268. The Morgan fingerprint density at radius 1 is 1.22 bits per heavy atom. The molecule has 106 valence electrons. The van der Waals surface area contributed by atoms with Gasteiger partial charge in [-0.05, 0) is 33.6 Å². The lowest BCUT2D eigenvalue weighted by molar-refractivity contribution is -0.130. The Kier molecular flexibility index (Phi) is 6.65. The molecule has 0 heterocycles. The Morgan fingerprint density at radius 2 is 1.89 bits per heavy atom. The highest BCUT2D eigenvalue weighted by atomic mass is 16.5. The molecule has 18 heavy (non-hydrogen) atoms. The fourth-order valence-corrected chi connectivity index (χ4v) is 1.98. The van der Waals surface area contributed by atoms with E-state index in [2.05, 4.69) is 5.32 Å². The molecule has 0 saturated heterocycles. The first-order chi connectivity index (χ1) is 8.47. The maximum Gasteiger partial charge on any atom is 0.246 e. The van der Waals surface area contributed by atoms with E-state index in [1.54, 1.807) is 0 Å². The molecule has 4 nitrogen and oxygen atoms in total. The van der Waals surface area contributed by atoms with Crippen LogP contribution in [0.1, 0.15) is 52.9 Å². The molecule has 1 rings (SSSR count). The number of hydrogen-bond acceptors (Lipinski definition) is 3. The van der Waals surface area contributed by atoms with Gasteiger partial charge < -0.3 is 14.8 Å². The van der Waals surface area contributed by atoms with Crippen molar-refractivity contribution in [2.45, 2.75) is 64.6 Å². The molecule has 1 aliphatic carbocycles. The number of nitrogens with one attached hydrogen (secondary N) is 1. The predicted molar refractivity (Wildman–Crippen MR) is 71.5 cm³/mol. The van der Waals surface area contributed by atoms with Crippen LogP contribution < -0.4 is 5.32 Å². The molecular weight excluding hydrogens is 230 g/mol. The van der Waals surface area contributed by atoms with Gasteiger partial charge in [0.1, 0.15) is 6.61 Å². The summed E-state index contributed by atoms with van der Waals surface area (Å²) >= 11 is 0. The Labute approximate surface area is 110 Å². The maximum absolute atomic E-state index is 11.4. The molecular formula is C14H27NO3. The third-order valence-electron chi connectivity index (χ3n) is 2.97. The molecule has 0 radical (unpaired) electrons. The first kappa shape index (κ1) is 15.4. The zero-order chi connectivity index (χ0) is 13.4. The first-order valence-corrected chi connectivity index (χ1v) is 6.99. The van der Waals surface area contributed by atoms with E-state index < -0.39 is 0 Å². The molecule has 1 saturated carbocycles. The Hall–Kier alpha value is -0.610. The standard InChI is InChI=1S/C14H27NO3/c1-14(2,3)18-11-13(16)15-9-10-17-12-7-5-4-6-8-12/h12H,4-11H2,1-3H3,(H,15,16). The van der Waals surface area contributed by atoms with Crippen LogP contribution in [0, 0.1) is 0 Å². The molecule has 0 aliphatic heterocycles. The van der Waals surface area contributed by atoms with Gasteiger partial charge in [-0.3, -0.25) is 4.79 Å². The summed E-state index contributed by atoms with van der Waals surface area (Å²) in [6, 6.07) is 0. The van der Waals surface area contributed by atoms with Crippen molar-refractivity contribution in [1.29, 1.82) is 0 Å². The predicted octanol–water partition coefficient (Wildman–Crippen LogP) is 2.27. The summed E-state index contributed by atoms with van der Waals surface area (Å²) in [5, 5.41) is 2.81. The first-order valence-electron chi connectivity index (χ1n) is 6.99. The SMILES string of the molecule is CC(C)(C)OCC(=O)NCCOC1CCCCC1. The second kappa shape index (κ2) is 7.74. The van der Waals surface area contributed by atoms with E-state index in [9.17, 15) is 4.79 Å². The fourth-order valence-electron chi connectivity index (χ4n) is 1.98. The lowest BCUT2D eigenvalue weighted by Crippen LogP contribution is -2.34. The number of rotatable bonds is 6. The summed E-state index contributed by atoms with van der Waals surface area (Å²) in [6.45, 7) is 7.10. The van der Waals surface area contributed by atoms with Crippen LogP contribution in [0.2, 0.25) is 0 Å². The number of ether oxygens (including phenoxy) is 2. The summed E-state index contributed by atoms with van der Waals surface area (Å²) in [4.78, 5) is 11.4. The van der Waals surface area contributed by atoms with Crippen LogP contribution in [0.15, 0.2) is 0 Å². The molecule has 0 aromatic rings. The van der Waals surface area contributed by atoms with E-state index in [-0.39, 0.29) is 18.1 Å². The Morgan fingerprint density at radius 3 is 2.50 bits per heavy atom. The van der Waals surface area contributed by atoms with E-state index in [1.807, 2.05) is 20.8 Å². The van der Waals surface area contributed by atoms with Crippen molar-refractivity contribution in [1.82, 2.24) is 5.32 Å². The van der Waals surface area contributed by atoms with E-state index >= 15 is 0 Å². The summed E-state index contributed by atoms with van der Waals surface area (Å²) < 4.78 is 11.1. The summed E-state index contributed by atoms with van der Waals surface area (Å²) in [7, 11) is 0. The molecule has 1 amide bonds. The van der Waals surface area contributed by atoms with Gasteiger partial charge in [0, 0.05) is 6.54 Å². The van der Waals surface area contributed by atoms with Crippen molar-refractivity contribution in [3.05, 3.63) is 0 Å². The molecule has 1 aliphatic rings. The number of carbonyl (C=O) groups is 1. The zero-order valence-corrected chi connectivity index (χ0v) is 12.0. The molecule has 0 bridgehead atoms. The summed E-state index contributed by atoms with van der Waals surface area (Å²) in [6.07, 6.45) is 6.62. The molecule has 0 aromatic carbocycles. The quantitative estimate of drug-likeness (QED) is 0.743. The minimum absolute atomic E-state index is 0.0721. The van der Waals surface area contributed by atoms with Crippen molar-refractivity contribution in [2.75, 3.05) is 19.8 Å². The van der Waals surface area contributed by atoms with Crippen LogP contribution in [0.4, 0.5) is 0 Å². The van der Waals surface area contributed by atoms with Gasteiger partial charge in [0.2, 0.25) is 5.91 Å². The lowest BCUT2D eigenvalue weighted by Gasteiger charge is -2.22. The van der Waals surface area contributed by atoms with E-state index in [4.69, 9.17) is 9.47 Å². The largest absolute Gasteiger partial charge is 0.376 e. The minimum Gasteiger partial charge on any atom is -0.376 e. The van der Waals surface area contributed by atoms with E-state index in [0.717, 1.165) is 0 Å². The molecule has 0 spiro atoms. The summed E-state index contributed by atoms with van der Waals surface area (Å²) in [5.41, 5.74) is -0.268. The van der Waals surface area contributed by atoms with Gasteiger partial charge in [-0.25, -0.2) is 0 Å². The van der Waals surface area contributed by atoms with Crippen LogP contribution in [-0.2, 0) is 14.3 Å². The highest BCUT2D eigenvalue weighted by molar-refractivity contribution is 5.77. The summed E-state index contributed by atoms with van der Waals surface area (Å²) in [5.74, 6) is -0.0721.